The van der Waals surface area contributed by atoms with Crippen LogP contribution in [-0.4, -0.2) is 145 Å². The molecule has 0 saturated heterocycles. The van der Waals surface area contributed by atoms with Crippen molar-refractivity contribution in [3.63, 3.8) is 0 Å². The normalized spacial score (nSPS) is 11.4. The standard InChI is InChI=1S/C33H66O12/c1-3-5-7-8-10-12-35-13-14-36-15-16-37-17-18-38-19-20-39-21-22-40-23-24-41-25-26-42-27-28-43-29-30-44-31-32-45-33(34)11-9-6-4-2/h3-32H2,1-2H3. The lowest BCUT2D eigenvalue weighted by molar-refractivity contribution is -0.145. The molecule has 0 unspecified atom stereocenters. The topological polar surface area (TPSA) is 119 Å². The molecule has 0 aromatic carbocycles. The molecule has 0 amide bonds. The molecule has 12 heteroatoms. The Morgan fingerprint density at radius 2 is 0.578 bits per heavy atom. The van der Waals surface area contributed by atoms with Crippen molar-refractivity contribution in [2.75, 3.05) is 139 Å². The minimum absolute atomic E-state index is 0.157. The summed E-state index contributed by atoms with van der Waals surface area (Å²) in [5, 5.41) is 0. The van der Waals surface area contributed by atoms with E-state index in [-0.39, 0.29) is 12.6 Å². The fourth-order valence-corrected chi connectivity index (χ4v) is 3.69. The molecule has 45 heavy (non-hydrogen) atoms. The quantitative estimate of drug-likeness (QED) is 0.0695. The fraction of sp³-hybridized carbons (Fsp3) is 0.970. The Balaban J connectivity index is 3.07. The van der Waals surface area contributed by atoms with Crippen molar-refractivity contribution in [3.05, 3.63) is 0 Å². The summed E-state index contributed by atoms with van der Waals surface area (Å²) in [4.78, 5) is 11.5. The average molecular weight is 655 g/mol. The zero-order valence-corrected chi connectivity index (χ0v) is 28.6. The zero-order valence-electron chi connectivity index (χ0n) is 28.6. The maximum absolute atomic E-state index is 11.5. The van der Waals surface area contributed by atoms with Gasteiger partial charge in [-0.1, -0.05) is 52.4 Å². The molecule has 0 heterocycles. The van der Waals surface area contributed by atoms with Crippen LogP contribution in [0.4, 0.5) is 0 Å². The summed E-state index contributed by atoms with van der Waals surface area (Å²) in [7, 11) is 0. The summed E-state index contributed by atoms with van der Waals surface area (Å²) in [5.41, 5.74) is 0. The Hall–Kier alpha value is -0.930. The minimum Gasteiger partial charge on any atom is -0.463 e. The van der Waals surface area contributed by atoms with Crippen LogP contribution in [0.5, 0.6) is 0 Å². The molecule has 0 saturated carbocycles. The van der Waals surface area contributed by atoms with Gasteiger partial charge in [0.05, 0.1) is 126 Å². The van der Waals surface area contributed by atoms with E-state index in [1.165, 1.54) is 25.7 Å². The summed E-state index contributed by atoms with van der Waals surface area (Å²) in [5.74, 6) is -0.157. The second-order valence-electron chi connectivity index (χ2n) is 10.2. The lowest BCUT2D eigenvalue weighted by Crippen LogP contribution is -2.15. The van der Waals surface area contributed by atoms with Crippen molar-refractivity contribution in [2.45, 2.75) is 71.6 Å². The van der Waals surface area contributed by atoms with Crippen molar-refractivity contribution < 1.29 is 56.9 Å². The highest BCUT2D eigenvalue weighted by Gasteiger charge is 2.02. The van der Waals surface area contributed by atoms with E-state index in [1.807, 2.05) is 0 Å². The number of carbonyl (C=O) groups is 1. The maximum Gasteiger partial charge on any atom is 0.305 e. The van der Waals surface area contributed by atoms with Gasteiger partial charge < -0.3 is 52.1 Å². The molecule has 0 radical (unpaired) electrons. The SMILES string of the molecule is CCCCCCCOCCOCCOCCOCCOCCOCCOCCOCCOCCOCCOC(=O)CCCCC. The molecule has 12 nitrogen and oxygen atoms in total. The van der Waals surface area contributed by atoms with E-state index < -0.39 is 0 Å². The first-order valence-electron chi connectivity index (χ1n) is 17.2. The predicted molar refractivity (Wildman–Crippen MR) is 172 cm³/mol. The highest BCUT2D eigenvalue weighted by atomic mass is 16.6. The summed E-state index contributed by atoms with van der Waals surface area (Å²) in [6.45, 7) is 15.3. The summed E-state index contributed by atoms with van der Waals surface area (Å²) >= 11 is 0. The van der Waals surface area contributed by atoms with E-state index in [0.29, 0.717) is 132 Å². The van der Waals surface area contributed by atoms with Gasteiger partial charge in [-0.05, 0) is 12.8 Å². The van der Waals surface area contributed by atoms with Gasteiger partial charge in [0.15, 0.2) is 0 Å². The second kappa shape index (κ2) is 41.1. The minimum atomic E-state index is -0.157. The van der Waals surface area contributed by atoms with Gasteiger partial charge in [0.25, 0.3) is 0 Å². The first-order valence-corrected chi connectivity index (χ1v) is 17.2. The van der Waals surface area contributed by atoms with Crippen molar-refractivity contribution in [3.8, 4) is 0 Å². The molecule has 0 N–H and O–H groups in total. The number of unbranched alkanes of at least 4 members (excludes halogenated alkanes) is 6. The van der Waals surface area contributed by atoms with Crippen LogP contribution < -0.4 is 0 Å². The van der Waals surface area contributed by atoms with Gasteiger partial charge in [0.2, 0.25) is 0 Å². The number of esters is 1. The van der Waals surface area contributed by atoms with Crippen molar-refractivity contribution in [1.82, 2.24) is 0 Å². The van der Waals surface area contributed by atoms with Crippen LogP contribution in [0.2, 0.25) is 0 Å². The molecule has 0 aliphatic carbocycles. The van der Waals surface area contributed by atoms with Gasteiger partial charge in [0.1, 0.15) is 6.61 Å². The van der Waals surface area contributed by atoms with Gasteiger partial charge in [-0.15, -0.1) is 0 Å². The molecule has 0 bridgehead atoms. The van der Waals surface area contributed by atoms with Gasteiger partial charge in [-0.2, -0.15) is 0 Å². The van der Waals surface area contributed by atoms with Crippen molar-refractivity contribution >= 4 is 5.97 Å². The third kappa shape index (κ3) is 41.0. The molecule has 0 aromatic heterocycles. The lowest BCUT2D eigenvalue weighted by atomic mass is 10.2. The second-order valence-corrected chi connectivity index (χ2v) is 10.2. The Bertz CT molecular complexity index is 556. The van der Waals surface area contributed by atoms with Crippen LogP contribution in [0.25, 0.3) is 0 Å². The molecule has 0 atom stereocenters. The smallest absolute Gasteiger partial charge is 0.305 e. The summed E-state index contributed by atoms with van der Waals surface area (Å²) < 4.78 is 59.8. The molecule has 0 aromatic rings. The number of hydrogen-bond acceptors (Lipinski definition) is 12. The van der Waals surface area contributed by atoms with Crippen LogP contribution in [0.15, 0.2) is 0 Å². The number of ether oxygens (including phenoxy) is 11. The molecule has 0 aliphatic rings. The average Bonchev–Trinajstić information content (AvgIpc) is 3.04. The summed E-state index contributed by atoms with van der Waals surface area (Å²) in [6.07, 6.45) is 9.77. The molecule has 0 fully saturated rings. The molecule has 270 valence electrons. The monoisotopic (exact) mass is 654 g/mol. The third-order valence-corrected chi connectivity index (χ3v) is 6.22. The lowest BCUT2D eigenvalue weighted by Gasteiger charge is -2.09. The molecule has 0 aliphatic heterocycles. The van der Waals surface area contributed by atoms with Crippen molar-refractivity contribution in [2.24, 2.45) is 0 Å². The Labute approximate surface area is 273 Å². The van der Waals surface area contributed by atoms with Crippen LogP contribution in [0, 0.1) is 0 Å². The number of carbonyl (C=O) groups excluding carboxylic acids is 1. The highest BCUT2D eigenvalue weighted by molar-refractivity contribution is 5.69. The molecular formula is C33H66O12. The summed E-state index contributed by atoms with van der Waals surface area (Å²) in [6, 6.07) is 0. The third-order valence-electron chi connectivity index (χ3n) is 6.22. The van der Waals surface area contributed by atoms with E-state index in [4.69, 9.17) is 52.1 Å². The Morgan fingerprint density at radius 1 is 0.311 bits per heavy atom. The fourth-order valence-electron chi connectivity index (χ4n) is 3.69. The first-order chi connectivity index (χ1) is 22.3. The molecular weight excluding hydrogens is 588 g/mol. The van der Waals surface area contributed by atoms with Crippen LogP contribution in [0.3, 0.4) is 0 Å². The van der Waals surface area contributed by atoms with E-state index in [1.54, 1.807) is 0 Å². The van der Waals surface area contributed by atoms with E-state index >= 15 is 0 Å². The van der Waals surface area contributed by atoms with E-state index in [9.17, 15) is 4.79 Å². The van der Waals surface area contributed by atoms with Gasteiger partial charge >= 0.3 is 5.97 Å². The largest absolute Gasteiger partial charge is 0.463 e. The van der Waals surface area contributed by atoms with Crippen LogP contribution >= 0.6 is 0 Å². The Kier molecular flexibility index (Phi) is 40.2. The van der Waals surface area contributed by atoms with E-state index in [0.717, 1.165) is 32.3 Å². The Morgan fingerprint density at radius 3 is 0.911 bits per heavy atom. The van der Waals surface area contributed by atoms with E-state index in [2.05, 4.69) is 13.8 Å². The highest BCUT2D eigenvalue weighted by Crippen LogP contribution is 2.02. The zero-order chi connectivity index (χ0) is 32.6. The van der Waals surface area contributed by atoms with Crippen LogP contribution in [0.1, 0.15) is 71.6 Å². The first kappa shape index (κ1) is 44.1. The molecule has 0 rings (SSSR count). The number of hydrogen-bond donors (Lipinski definition) is 0. The predicted octanol–water partition coefficient (Wildman–Crippen LogP) is 4.25. The number of rotatable bonds is 40. The van der Waals surface area contributed by atoms with Crippen LogP contribution in [-0.2, 0) is 56.9 Å². The van der Waals surface area contributed by atoms with Gasteiger partial charge in [-0.25, -0.2) is 0 Å². The van der Waals surface area contributed by atoms with Crippen molar-refractivity contribution in [1.29, 1.82) is 0 Å². The maximum atomic E-state index is 11.5. The van der Waals surface area contributed by atoms with Gasteiger partial charge in [0, 0.05) is 13.0 Å². The van der Waals surface area contributed by atoms with Gasteiger partial charge in [-0.3, -0.25) is 4.79 Å². The molecule has 0 spiro atoms.